The summed E-state index contributed by atoms with van der Waals surface area (Å²) in [5, 5.41) is 6.13. The van der Waals surface area contributed by atoms with Crippen molar-refractivity contribution in [3.63, 3.8) is 0 Å². The van der Waals surface area contributed by atoms with E-state index < -0.39 is 30.7 Å². The van der Waals surface area contributed by atoms with Gasteiger partial charge in [-0.2, -0.15) is 13.5 Å². The van der Waals surface area contributed by atoms with Gasteiger partial charge in [0.05, 0.1) is 15.5 Å². The fourth-order valence-electron chi connectivity index (χ4n) is 2.91. The fraction of sp³-hybridized carbons (Fsp3) is 0.167. The van der Waals surface area contributed by atoms with Gasteiger partial charge in [-0.05, 0) is 53.9 Å². The van der Waals surface area contributed by atoms with Crippen LogP contribution < -0.4 is 4.13 Å². The van der Waals surface area contributed by atoms with Crippen LogP contribution >= 0.6 is 22.3 Å². The van der Waals surface area contributed by atoms with E-state index in [0.717, 1.165) is 0 Å². The molecule has 0 saturated carbocycles. The van der Waals surface area contributed by atoms with Crippen molar-refractivity contribution in [3.8, 4) is 5.69 Å². The molecule has 2 aromatic carbocycles. The third kappa shape index (κ3) is 4.89. The zero-order chi connectivity index (χ0) is 22.1. The Hall–Kier alpha value is -2.09. The molecule has 1 atom stereocenters. The molecule has 1 N–H and O–H groups in total. The van der Waals surface area contributed by atoms with Crippen molar-refractivity contribution in [2.45, 2.75) is 9.79 Å². The van der Waals surface area contributed by atoms with Gasteiger partial charge in [0.15, 0.2) is 0 Å². The molecule has 0 radical (unpaired) electrons. The molecule has 1 aromatic heterocycles. The summed E-state index contributed by atoms with van der Waals surface area (Å²) in [6.07, 6.45) is 2.91. The number of nitrogens with zero attached hydrogens (tertiary/aromatic N) is 4. The van der Waals surface area contributed by atoms with E-state index in [4.69, 9.17) is 11.6 Å². The first-order valence-electron chi connectivity index (χ1n) is 9.02. The highest BCUT2D eigenvalue weighted by Crippen LogP contribution is 2.23. The third-order valence-corrected chi connectivity index (χ3v) is 10.5. The zero-order valence-electron chi connectivity index (χ0n) is 16.0. The summed E-state index contributed by atoms with van der Waals surface area (Å²) in [4.78, 5) is 4.13. The minimum Gasteiger partial charge on any atom is -0.223 e. The molecule has 0 amide bonds. The molecule has 1 unspecified atom stereocenters. The molecule has 13 heteroatoms. The maximum Gasteiger partial charge on any atom is 0.249 e. The van der Waals surface area contributed by atoms with Crippen LogP contribution in [0.2, 0.25) is 5.02 Å². The van der Waals surface area contributed by atoms with E-state index >= 15 is 0 Å². The summed E-state index contributed by atoms with van der Waals surface area (Å²) in [6, 6.07) is 12.2. The first-order valence-corrected chi connectivity index (χ1v) is 13.8. The van der Waals surface area contributed by atoms with E-state index in [0.29, 0.717) is 16.5 Å². The topological polar surface area (TPSA) is 114 Å². The number of rotatable bonds is 6. The normalized spacial score (nSPS) is 17.9. The highest BCUT2D eigenvalue weighted by Gasteiger charge is 2.27. The van der Waals surface area contributed by atoms with Crippen LogP contribution in [0.5, 0.6) is 0 Å². The second-order valence-corrected chi connectivity index (χ2v) is 12.7. The van der Waals surface area contributed by atoms with E-state index in [-0.39, 0.29) is 22.9 Å². The van der Waals surface area contributed by atoms with E-state index in [1.165, 1.54) is 58.0 Å². The molecule has 0 bridgehead atoms. The van der Waals surface area contributed by atoms with Crippen LogP contribution in [0.1, 0.15) is 0 Å². The molecule has 9 nitrogen and oxygen atoms in total. The van der Waals surface area contributed by atoms with Gasteiger partial charge < -0.3 is 0 Å². The molecule has 4 rings (SSSR count). The maximum atomic E-state index is 12.8. The number of sulfonamides is 2. The second kappa shape index (κ2) is 8.81. The molecule has 1 aliphatic heterocycles. The number of benzene rings is 2. The molecular weight excluding hydrogens is 482 g/mol. The van der Waals surface area contributed by atoms with Crippen LogP contribution in [0, 0.1) is 0 Å². The average Bonchev–Trinajstić information content (AvgIpc) is 3.29. The Morgan fingerprint density at radius 3 is 2.23 bits per heavy atom. The van der Waals surface area contributed by atoms with Gasteiger partial charge in [-0.15, -0.1) is 10.7 Å². The van der Waals surface area contributed by atoms with E-state index in [1.54, 1.807) is 17.5 Å². The molecule has 0 saturated heterocycles. The average molecular weight is 500 g/mol. The lowest BCUT2D eigenvalue weighted by molar-refractivity contribution is 0.470. The summed E-state index contributed by atoms with van der Waals surface area (Å²) in [5.41, 5.74) is 0.686. The highest BCUT2D eigenvalue weighted by molar-refractivity contribution is 8.20. The number of hydrogen-bond donors (Lipinski definition) is 1. The number of hydrogen-bond acceptors (Lipinski definition) is 6. The first kappa shape index (κ1) is 22.1. The Balaban J connectivity index is 1.45. The molecule has 2 heterocycles. The van der Waals surface area contributed by atoms with Crippen LogP contribution in [0.4, 0.5) is 0 Å². The van der Waals surface area contributed by atoms with Gasteiger partial charge in [0.2, 0.25) is 20.0 Å². The summed E-state index contributed by atoms with van der Waals surface area (Å²) >= 11 is 5.83. The van der Waals surface area contributed by atoms with Gasteiger partial charge in [0, 0.05) is 23.9 Å². The minimum atomic E-state index is -3.75. The first-order chi connectivity index (χ1) is 14.8. The second-order valence-electron chi connectivity index (χ2n) is 6.54. The molecule has 0 spiro atoms. The number of nitrogens with one attached hydrogen (secondary N) is 1. The van der Waals surface area contributed by atoms with Gasteiger partial charge in [-0.1, -0.05) is 11.6 Å². The quantitative estimate of drug-likeness (QED) is 0.518. The highest BCUT2D eigenvalue weighted by atomic mass is 35.5. The molecule has 1 aliphatic rings. The summed E-state index contributed by atoms with van der Waals surface area (Å²) < 4.78 is 56.5. The van der Waals surface area contributed by atoms with Crippen molar-refractivity contribution in [2.24, 2.45) is 0 Å². The summed E-state index contributed by atoms with van der Waals surface area (Å²) in [6.45, 7) is 0.320. The van der Waals surface area contributed by atoms with Crippen LogP contribution in [-0.4, -0.2) is 60.1 Å². The Bertz CT molecular complexity index is 1310. The van der Waals surface area contributed by atoms with Crippen molar-refractivity contribution >= 4 is 47.7 Å². The Morgan fingerprint density at radius 2 is 1.65 bits per heavy atom. The Morgan fingerprint density at radius 1 is 0.968 bits per heavy atom. The third-order valence-electron chi connectivity index (χ3n) is 4.54. The lowest BCUT2D eigenvalue weighted by Crippen LogP contribution is -2.39. The van der Waals surface area contributed by atoms with Crippen molar-refractivity contribution in [3.05, 3.63) is 66.2 Å². The van der Waals surface area contributed by atoms with Crippen molar-refractivity contribution < 1.29 is 16.8 Å². The van der Waals surface area contributed by atoms with Crippen molar-refractivity contribution in [1.82, 2.24) is 23.2 Å². The van der Waals surface area contributed by atoms with E-state index in [2.05, 4.69) is 14.2 Å². The number of halogens is 1. The van der Waals surface area contributed by atoms with Crippen molar-refractivity contribution in [2.75, 3.05) is 18.8 Å². The van der Waals surface area contributed by atoms with Gasteiger partial charge in [0.25, 0.3) is 0 Å². The molecule has 164 valence electrons. The van der Waals surface area contributed by atoms with Gasteiger partial charge in [0.1, 0.15) is 12.7 Å². The standard InChI is InChI=1S/C18H18ClN5O4S3/c19-15-1-5-18(6-2-15)31(27,28)23-9-11-29(12-10-23)22-30(25,26)17-7-3-16(4-8-17)24-14-20-13-21-24/h1-8,11,13-14,22H,9-10,12H2. The lowest BCUT2D eigenvalue weighted by Gasteiger charge is -2.26. The van der Waals surface area contributed by atoms with Crippen LogP contribution in [0.25, 0.3) is 5.69 Å². The summed E-state index contributed by atoms with van der Waals surface area (Å²) in [5.74, 6) is 0.350. The van der Waals surface area contributed by atoms with Gasteiger partial charge in [-0.25, -0.2) is 26.5 Å². The number of aromatic nitrogens is 3. The molecular formula is C18H18ClN5O4S3. The SMILES string of the molecule is O=S(=O)(NS1=CCN(S(=O)(=O)c2ccc(Cl)cc2)CC1)c1ccc(-n2cncn2)cc1. The van der Waals surface area contributed by atoms with Crippen molar-refractivity contribution in [1.29, 1.82) is 0 Å². The predicted molar refractivity (Wildman–Crippen MR) is 120 cm³/mol. The Kier molecular flexibility index (Phi) is 6.28. The summed E-state index contributed by atoms with van der Waals surface area (Å²) in [7, 11) is -8.20. The van der Waals surface area contributed by atoms with E-state index in [1.807, 2.05) is 0 Å². The fourth-order valence-corrected chi connectivity index (χ4v) is 8.18. The zero-order valence-corrected chi connectivity index (χ0v) is 19.2. The van der Waals surface area contributed by atoms with Crippen LogP contribution in [0.15, 0.2) is 71.0 Å². The van der Waals surface area contributed by atoms with Gasteiger partial charge in [-0.3, -0.25) is 0 Å². The molecule has 0 aliphatic carbocycles. The van der Waals surface area contributed by atoms with Gasteiger partial charge >= 0.3 is 0 Å². The molecule has 3 aromatic rings. The predicted octanol–water partition coefficient (Wildman–Crippen LogP) is 1.89. The maximum absolute atomic E-state index is 12.8. The lowest BCUT2D eigenvalue weighted by atomic mass is 10.3. The van der Waals surface area contributed by atoms with Crippen LogP contribution in [0.3, 0.4) is 0 Å². The minimum absolute atomic E-state index is 0.113. The molecule has 31 heavy (non-hydrogen) atoms. The Labute approximate surface area is 187 Å². The smallest absolute Gasteiger partial charge is 0.223 e. The van der Waals surface area contributed by atoms with Crippen LogP contribution in [-0.2, 0) is 20.0 Å². The largest absolute Gasteiger partial charge is 0.249 e. The molecule has 0 fully saturated rings. The monoisotopic (exact) mass is 499 g/mol. The van der Waals surface area contributed by atoms with E-state index in [9.17, 15) is 16.8 Å².